The third-order valence-electron chi connectivity index (χ3n) is 2.74. The second kappa shape index (κ2) is 3.54. The van der Waals surface area contributed by atoms with Crippen LogP contribution in [0, 0.1) is 0 Å². The zero-order valence-electron chi connectivity index (χ0n) is 8.13. The van der Waals surface area contributed by atoms with Crippen LogP contribution in [-0.4, -0.2) is 5.78 Å². The van der Waals surface area contributed by atoms with Crippen molar-refractivity contribution in [3.8, 4) is 11.1 Å². The number of ketones is 1. The van der Waals surface area contributed by atoms with E-state index in [4.69, 9.17) is 0 Å². The average molecular weight is 338 g/mol. The Balaban J connectivity index is 2.36. The molecule has 0 aliphatic heterocycles. The van der Waals surface area contributed by atoms with Gasteiger partial charge in [0, 0.05) is 20.1 Å². The lowest BCUT2D eigenvalue weighted by atomic mass is 10.1. The molecule has 0 spiro atoms. The van der Waals surface area contributed by atoms with Crippen LogP contribution < -0.4 is 0 Å². The molecule has 1 aliphatic rings. The van der Waals surface area contributed by atoms with Gasteiger partial charge >= 0.3 is 0 Å². The fourth-order valence-electron chi connectivity index (χ4n) is 2.02. The summed E-state index contributed by atoms with van der Waals surface area (Å²) in [5.41, 5.74) is 3.60. The van der Waals surface area contributed by atoms with E-state index in [0.717, 1.165) is 31.2 Å². The summed E-state index contributed by atoms with van der Waals surface area (Å²) in [6.07, 6.45) is 0. The maximum atomic E-state index is 12.1. The van der Waals surface area contributed by atoms with Gasteiger partial charge in [-0.25, -0.2) is 0 Å². The topological polar surface area (TPSA) is 17.1 Å². The molecular formula is C13H6Br2O. The van der Waals surface area contributed by atoms with Crippen LogP contribution in [0.5, 0.6) is 0 Å². The van der Waals surface area contributed by atoms with E-state index in [-0.39, 0.29) is 5.78 Å². The average Bonchev–Trinajstić information content (AvgIpc) is 2.52. The minimum Gasteiger partial charge on any atom is -0.289 e. The van der Waals surface area contributed by atoms with Crippen LogP contribution in [0.4, 0.5) is 0 Å². The summed E-state index contributed by atoms with van der Waals surface area (Å²) in [6, 6.07) is 11.6. The van der Waals surface area contributed by atoms with Gasteiger partial charge in [-0.2, -0.15) is 0 Å². The normalized spacial score (nSPS) is 12.5. The maximum absolute atomic E-state index is 12.1. The molecule has 2 aromatic carbocycles. The van der Waals surface area contributed by atoms with Crippen LogP contribution in [0.3, 0.4) is 0 Å². The van der Waals surface area contributed by atoms with Crippen molar-refractivity contribution in [1.82, 2.24) is 0 Å². The van der Waals surface area contributed by atoms with Crippen molar-refractivity contribution in [1.29, 1.82) is 0 Å². The SMILES string of the molecule is O=C1c2cc(Br)ccc2-c2cc(Br)ccc21. The summed E-state index contributed by atoms with van der Waals surface area (Å²) >= 11 is 6.82. The van der Waals surface area contributed by atoms with E-state index in [0.29, 0.717) is 0 Å². The Kier molecular flexibility index (Phi) is 2.26. The first-order chi connectivity index (χ1) is 7.66. The van der Waals surface area contributed by atoms with Gasteiger partial charge in [0.25, 0.3) is 0 Å². The molecule has 0 saturated heterocycles. The summed E-state index contributed by atoms with van der Waals surface area (Å²) < 4.78 is 1.93. The van der Waals surface area contributed by atoms with E-state index >= 15 is 0 Å². The lowest BCUT2D eigenvalue weighted by molar-refractivity contribution is 0.104. The molecule has 0 bridgehead atoms. The number of fused-ring (bicyclic) bond motifs is 3. The van der Waals surface area contributed by atoms with Crippen LogP contribution >= 0.6 is 31.9 Å². The molecule has 0 atom stereocenters. The number of hydrogen-bond donors (Lipinski definition) is 0. The van der Waals surface area contributed by atoms with E-state index in [1.54, 1.807) is 0 Å². The molecule has 0 amide bonds. The predicted octanol–water partition coefficient (Wildman–Crippen LogP) is 4.42. The molecular weight excluding hydrogens is 332 g/mol. The van der Waals surface area contributed by atoms with E-state index in [2.05, 4.69) is 31.9 Å². The zero-order chi connectivity index (χ0) is 11.3. The van der Waals surface area contributed by atoms with Gasteiger partial charge in [0.15, 0.2) is 5.78 Å². The Morgan fingerprint density at radius 2 is 1.25 bits per heavy atom. The van der Waals surface area contributed by atoms with Crippen LogP contribution in [0.1, 0.15) is 15.9 Å². The lowest BCUT2D eigenvalue weighted by Gasteiger charge is -2.00. The van der Waals surface area contributed by atoms with Crippen molar-refractivity contribution in [2.45, 2.75) is 0 Å². The van der Waals surface area contributed by atoms with Gasteiger partial charge in [0.2, 0.25) is 0 Å². The highest BCUT2D eigenvalue weighted by atomic mass is 79.9. The van der Waals surface area contributed by atoms with Gasteiger partial charge in [-0.05, 0) is 41.5 Å². The predicted molar refractivity (Wildman–Crippen MR) is 70.7 cm³/mol. The van der Waals surface area contributed by atoms with Crippen LogP contribution in [0.15, 0.2) is 45.3 Å². The first-order valence-corrected chi connectivity index (χ1v) is 6.39. The number of benzene rings is 2. The van der Waals surface area contributed by atoms with Gasteiger partial charge in [-0.3, -0.25) is 4.79 Å². The molecule has 0 N–H and O–H groups in total. The van der Waals surface area contributed by atoms with Crippen LogP contribution in [-0.2, 0) is 0 Å². The Morgan fingerprint density at radius 1 is 0.688 bits per heavy atom. The number of rotatable bonds is 0. The van der Waals surface area contributed by atoms with Gasteiger partial charge in [0.05, 0.1) is 0 Å². The van der Waals surface area contributed by atoms with Gasteiger partial charge in [0.1, 0.15) is 0 Å². The fourth-order valence-corrected chi connectivity index (χ4v) is 2.74. The molecule has 0 fully saturated rings. The molecule has 2 aromatic rings. The van der Waals surface area contributed by atoms with E-state index in [1.165, 1.54) is 0 Å². The molecule has 0 radical (unpaired) electrons. The van der Waals surface area contributed by atoms with E-state index in [9.17, 15) is 4.79 Å². The summed E-state index contributed by atoms with van der Waals surface area (Å²) in [4.78, 5) is 12.1. The van der Waals surface area contributed by atoms with E-state index < -0.39 is 0 Å². The summed E-state index contributed by atoms with van der Waals surface area (Å²) in [7, 11) is 0. The highest BCUT2D eigenvalue weighted by Gasteiger charge is 2.26. The largest absolute Gasteiger partial charge is 0.289 e. The minimum atomic E-state index is 0.110. The lowest BCUT2D eigenvalue weighted by Crippen LogP contribution is -1.94. The van der Waals surface area contributed by atoms with Crippen molar-refractivity contribution in [3.05, 3.63) is 56.5 Å². The fraction of sp³-hybridized carbons (Fsp3) is 0. The quantitative estimate of drug-likeness (QED) is 0.593. The number of carbonyl (C=O) groups excluding carboxylic acids is 1. The van der Waals surface area contributed by atoms with Crippen LogP contribution in [0.2, 0.25) is 0 Å². The first-order valence-electron chi connectivity index (χ1n) is 4.81. The second-order valence-electron chi connectivity index (χ2n) is 3.71. The number of hydrogen-bond acceptors (Lipinski definition) is 1. The van der Waals surface area contributed by atoms with Gasteiger partial charge in [-0.15, -0.1) is 0 Å². The van der Waals surface area contributed by atoms with Crippen molar-refractivity contribution >= 4 is 37.6 Å². The molecule has 0 heterocycles. The molecule has 16 heavy (non-hydrogen) atoms. The highest BCUT2D eigenvalue weighted by molar-refractivity contribution is 9.10. The third kappa shape index (κ3) is 1.39. The monoisotopic (exact) mass is 336 g/mol. The van der Waals surface area contributed by atoms with Crippen LogP contribution in [0.25, 0.3) is 11.1 Å². The minimum absolute atomic E-state index is 0.110. The number of halogens is 2. The molecule has 0 saturated carbocycles. The van der Waals surface area contributed by atoms with Crippen molar-refractivity contribution in [3.63, 3.8) is 0 Å². The summed E-state index contributed by atoms with van der Waals surface area (Å²) in [5, 5.41) is 0. The Bertz CT molecular complexity index is 617. The molecule has 0 aromatic heterocycles. The summed E-state index contributed by atoms with van der Waals surface area (Å²) in [6.45, 7) is 0. The Morgan fingerprint density at radius 3 is 1.94 bits per heavy atom. The van der Waals surface area contributed by atoms with Gasteiger partial charge in [-0.1, -0.05) is 37.9 Å². The Labute approximate surface area is 110 Å². The third-order valence-corrected chi connectivity index (χ3v) is 3.73. The first kappa shape index (κ1) is 10.2. The second-order valence-corrected chi connectivity index (χ2v) is 5.54. The molecule has 1 nitrogen and oxygen atoms in total. The standard InChI is InChI=1S/C13H6Br2O/c14-7-2-4-10-11(5-7)9-3-1-8(15)6-12(9)13(10)16/h1-6H. The molecule has 1 aliphatic carbocycles. The Hall–Kier alpha value is -0.930. The molecule has 3 rings (SSSR count). The summed E-state index contributed by atoms with van der Waals surface area (Å²) in [5.74, 6) is 0.110. The smallest absolute Gasteiger partial charge is 0.194 e. The van der Waals surface area contributed by atoms with E-state index in [1.807, 2.05) is 36.4 Å². The molecule has 0 unspecified atom stereocenters. The zero-order valence-corrected chi connectivity index (χ0v) is 11.3. The van der Waals surface area contributed by atoms with Gasteiger partial charge < -0.3 is 0 Å². The van der Waals surface area contributed by atoms with Crippen molar-refractivity contribution in [2.75, 3.05) is 0 Å². The molecule has 78 valence electrons. The molecule has 3 heteroatoms. The van der Waals surface area contributed by atoms with Crippen molar-refractivity contribution < 1.29 is 4.79 Å². The van der Waals surface area contributed by atoms with Crippen molar-refractivity contribution in [2.24, 2.45) is 0 Å². The highest BCUT2D eigenvalue weighted by Crippen LogP contribution is 2.38. The maximum Gasteiger partial charge on any atom is 0.194 e. The number of carbonyl (C=O) groups is 1.